The van der Waals surface area contributed by atoms with Crippen LogP contribution in [0.15, 0.2) is 77.4 Å². The molecule has 1 aromatic heterocycles. The van der Waals surface area contributed by atoms with E-state index in [0.29, 0.717) is 40.2 Å². The molecule has 190 valence electrons. The zero-order valence-electron chi connectivity index (χ0n) is 21.6. The second-order valence-electron chi connectivity index (χ2n) is 9.33. The summed E-state index contributed by atoms with van der Waals surface area (Å²) in [4.78, 5) is 14.8. The first-order chi connectivity index (χ1) is 17.9. The molecule has 0 bridgehead atoms. The number of urea groups is 1. The minimum Gasteiger partial charge on any atom is -0.370 e. The third-order valence-corrected chi connectivity index (χ3v) is 7.09. The number of hydrogen-bond donors (Lipinski definition) is 2. The number of anilines is 3. The summed E-state index contributed by atoms with van der Waals surface area (Å²) in [5, 5.41) is 19.3. The lowest BCUT2D eigenvalue weighted by Gasteiger charge is -2.38. The van der Waals surface area contributed by atoms with Crippen LogP contribution in [0.3, 0.4) is 0 Å². The van der Waals surface area contributed by atoms with Gasteiger partial charge in [-0.3, -0.25) is 0 Å². The fraction of sp³-hybridized carbons (Fsp3) is 0.300. The van der Waals surface area contributed by atoms with Crippen LogP contribution in [0.5, 0.6) is 0 Å². The van der Waals surface area contributed by atoms with Crippen LogP contribution in [0.25, 0.3) is 0 Å². The minimum atomic E-state index is -0.416. The van der Waals surface area contributed by atoms with Crippen molar-refractivity contribution in [3.05, 3.63) is 95.4 Å². The largest absolute Gasteiger partial charge is 0.370 e. The van der Waals surface area contributed by atoms with Gasteiger partial charge in [-0.25, -0.2) is 4.79 Å². The van der Waals surface area contributed by atoms with Crippen LogP contribution >= 0.6 is 0 Å². The Labute approximate surface area is 218 Å². The van der Waals surface area contributed by atoms with E-state index in [1.807, 2.05) is 18.2 Å². The number of aryl methyl sites for hydroxylation is 2. The van der Waals surface area contributed by atoms with E-state index in [-0.39, 0.29) is 0 Å². The summed E-state index contributed by atoms with van der Waals surface area (Å²) in [6.45, 7) is 11.3. The molecule has 1 atom stereocenters. The lowest BCUT2D eigenvalue weighted by Crippen LogP contribution is -2.36. The molecule has 0 saturated carbocycles. The van der Waals surface area contributed by atoms with Crippen LogP contribution in [0.4, 0.5) is 21.9 Å². The smallest absolute Gasteiger partial charge is 0.323 e. The second kappa shape index (κ2) is 11.6. The average molecular weight is 496 g/mol. The van der Waals surface area contributed by atoms with Gasteiger partial charge in [0.05, 0.1) is 11.3 Å². The number of hydrogen-bond acceptors (Lipinski definition) is 5. The van der Waals surface area contributed by atoms with Gasteiger partial charge in [-0.1, -0.05) is 54.2 Å². The highest BCUT2D eigenvalue weighted by Gasteiger charge is 2.30. The maximum Gasteiger partial charge on any atom is 0.323 e. The first-order valence-corrected chi connectivity index (χ1v) is 12.6. The number of amides is 2. The highest BCUT2D eigenvalue weighted by Crippen LogP contribution is 2.40. The molecule has 2 N–H and O–H groups in total. The molecule has 2 heterocycles. The van der Waals surface area contributed by atoms with E-state index < -0.39 is 6.03 Å². The van der Waals surface area contributed by atoms with Crippen LogP contribution < -0.4 is 15.5 Å². The molecule has 1 aliphatic heterocycles. The third-order valence-electron chi connectivity index (χ3n) is 7.09. The molecule has 0 aliphatic carbocycles. The fourth-order valence-corrected chi connectivity index (χ4v) is 5.21. The van der Waals surface area contributed by atoms with Gasteiger partial charge in [-0.05, 0) is 68.9 Å². The second-order valence-corrected chi connectivity index (χ2v) is 9.33. The van der Waals surface area contributed by atoms with Crippen LogP contribution in [-0.4, -0.2) is 24.3 Å². The lowest BCUT2D eigenvalue weighted by atomic mass is 9.75. The molecule has 1 unspecified atom stereocenters. The highest BCUT2D eigenvalue weighted by molar-refractivity contribution is 6.00. The van der Waals surface area contributed by atoms with Crippen LogP contribution in [-0.2, 0) is 0 Å². The third kappa shape index (κ3) is 5.75. The lowest BCUT2D eigenvalue weighted by molar-refractivity contribution is 0.262. The quantitative estimate of drug-likeness (QED) is 0.346. The Kier molecular flexibility index (Phi) is 8.09. The van der Waals surface area contributed by atoms with E-state index >= 15 is 0 Å². The number of rotatable bonds is 7. The average Bonchev–Trinajstić information content (AvgIpc) is 3.24. The minimum absolute atomic E-state index is 0.309. The van der Waals surface area contributed by atoms with Crippen molar-refractivity contribution in [1.82, 2.24) is 5.16 Å². The first kappa shape index (κ1) is 25.8. The summed E-state index contributed by atoms with van der Waals surface area (Å²) in [6.07, 6.45) is 6.16. The van der Waals surface area contributed by atoms with Gasteiger partial charge in [0.25, 0.3) is 0 Å². The molecule has 7 nitrogen and oxygen atoms in total. The van der Waals surface area contributed by atoms with Gasteiger partial charge in [0.15, 0.2) is 5.76 Å². The van der Waals surface area contributed by atoms with Gasteiger partial charge in [-0.15, -0.1) is 0 Å². The zero-order chi connectivity index (χ0) is 26.4. The molecule has 1 saturated heterocycles. The van der Waals surface area contributed by atoms with E-state index in [4.69, 9.17) is 4.52 Å². The maximum atomic E-state index is 12.5. The maximum absolute atomic E-state index is 12.5. The van der Waals surface area contributed by atoms with Gasteiger partial charge < -0.3 is 20.1 Å². The Hall–Kier alpha value is -4.31. The van der Waals surface area contributed by atoms with E-state index in [1.54, 1.807) is 19.9 Å². The van der Waals surface area contributed by atoms with E-state index in [2.05, 4.69) is 76.7 Å². The van der Waals surface area contributed by atoms with Crippen molar-refractivity contribution in [2.75, 3.05) is 28.6 Å². The molecular formula is C30H33N5O2. The van der Waals surface area contributed by atoms with Gasteiger partial charge in [0.2, 0.25) is 0 Å². The number of carbonyl (C=O) groups is 1. The molecule has 4 rings (SSSR count). The number of nitrogens with zero attached hydrogens (tertiary/aromatic N) is 3. The monoisotopic (exact) mass is 495 g/mol. The molecule has 1 fully saturated rings. The predicted octanol–water partition coefficient (Wildman–Crippen LogP) is 6.94. The Bertz CT molecular complexity index is 1310. The summed E-state index contributed by atoms with van der Waals surface area (Å²) >= 11 is 0. The summed E-state index contributed by atoms with van der Waals surface area (Å²) in [7, 11) is 0. The number of allylic oxidation sites excluding steroid dienone is 3. The van der Waals surface area contributed by atoms with Gasteiger partial charge in [0, 0.05) is 24.7 Å². The predicted molar refractivity (Wildman–Crippen MR) is 148 cm³/mol. The zero-order valence-corrected chi connectivity index (χ0v) is 21.6. The number of benzene rings is 2. The normalized spacial score (nSPS) is 15.1. The van der Waals surface area contributed by atoms with Gasteiger partial charge in [-0.2, -0.15) is 5.26 Å². The van der Waals surface area contributed by atoms with E-state index in [1.165, 1.54) is 11.1 Å². The van der Waals surface area contributed by atoms with Crippen molar-refractivity contribution < 1.29 is 9.32 Å². The molecule has 2 aromatic carbocycles. The summed E-state index contributed by atoms with van der Waals surface area (Å²) in [5.74, 6) is 1.33. The number of nitriles is 1. The molecule has 37 heavy (non-hydrogen) atoms. The van der Waals surface area contributed by atoms with Crippen LogP contribution in [0, 0.1) is 31.1 Å². The molecule has 2 amide bonds. The van der Waals surface area contributed by atoms with Crippen molar-refractivity contribution in [3.63, 3.8) is 0 Å². The Morgan fingerprint density at radius 3 is 2.51 bits per heavy atom. The number of carbonyl (C=O) groups excluding carboxylic acids is 1. The van der Waals surface area contributed by atoms with Crippen LogP contribution in [0.2, 0.25) is 0 Å². The van der Waals surface area contributed by atoms with E-state index in [0.717, 1.165) is 31.6 Å². The fourth-order valence-electron chi connectivity index (χ4n) is 5.21. The van der Waals surface area contributed by atoms with Gasteiger partial charge in [0.1, 0.15) is 17.5 Å². The van der Waals surface area contributed by atoms with Crippen molar-refractivity contribution >= 4 is 23.1 Å². The van der Waals surface area contributed by atoms with Crippen molar-refractivity contribution in [2.45, 2.75) is 39.5 Å². The summed E-state index contributed by atoms with van der Waals surface area (Å²) in [6, 6.07) is 18.0. The first-order valence-electron chi connectivity index (χ1n) is 12.6. The molecule has 0 spiro atoms. The Balaban J connectivity index is 1.45. The van der Waals surface area contributed by atoms with Crippen LogP contribution in [0.1, 0.15) is 48.3 Å². The summed E-state index contributed by atoms with van der Waals surface area (Å²) < 4.78 is 5.09. The number of piperidine rings is 1. The molecule has 7 heteroatoms. The van der Waals surface area contributed by atoms with Crippen molar-refractivity contribution in [2.24, 2.45) is 5.92 Å². The Morgan fingerprint density at radius 1 is 1.19 bits per heavy atom. The highest BCUT2D eigenvalue weighted by atomic mass is 16.5. The molecular weight excluding hydrogens is 462 g/mol. The SMILES string of the molecule is C=C/C(=C\C)C(c1ccccc1)C1CCN(c2ccc(NC(=O)Nc3c(C)noc3C)cc2C#N)CC1. The summed E-state index contributed by atoms with van der Waals surface area (Å²) in [5.41, 5.74) is 5.70. The number of nitrogens with one attached hydrogen (secondary N) is 2. The van der Waals surface area contributed by atoms with Crippen molar-refractivity contribution in [3.8, 4) is 6.07 Å². The van der Waals surface area contributed by atoms with E-state index in [9.17, 15) is 10.1 Å². The molecule has 1 aliphatic rings. The van der Waals surface area contributed by atoms with Crippen molar-refractivity contribution in [1.29, 1.82) is 5.26 Å². The molecule has 3 aromatic rings. The standard InChI is InChI=1S/C30H33N5O2/c1-5-22(6-2)28(23-10-8-7-9-11-23)24-14-16-35(17-15-24)27-13-12-26(18-25(27)19-31)32-30(36)33-29-20(3)34-37-21(29)4/h5-13,18,24,28H,1,14-17H2,2-4H3,(H2,32,33,36)/b22-6+. The number of aromatic nitrogens is 1. The molecule has 0 radical (unpaired) electrons. The van der Waals surface area contributed by atoms with Gasteiger partial charge >= 0.3 is 6.03 Å². The topological polar surface area (TPSA) is 94.2 Å². The Morgan fingerprint density at radius 2 is 1.92 bits per heavy atom.